The van der Waals surface area contributed by atoms with Crippen LogP contribution in [0.25, 0.3) is 21.8 Å². The summed E-state index contributed by atoms with van der Waals surface area (Å²) in [6, 6.07) is 23.5. The second kappa shape index (κ2) is 10.5. The van der Waals surface area contributed by atoms with Crippen LogP contribution < -0.4 is 11.1 Å². The molecule has 5 rings (SSSR count). The molecular formula is C29H28N4O3. The summed E-state index contributed by atoms with van der Waals surface area (Å²) in [7, 11) is 0. The number of amides is 1. The number of hydrogen-bond donors (Lipinski definition) is 4. The molecule has 0 unspecified atom stereocenters. The van der Waals surface area contributed by atoms with Gasteiger partial charge in [0.05, 0.1) is 6.04 Å². The number of fused-ring (bicyclic) bond motifs is 2. The number of benzene rings is 3. The highest BCUT2D eigenvalue weighted by molar-refractivity contribution is 5.90. The number of aromatic amines is 2. The Morgan fingerprint density at radius 3 is 1.97 bits per heavy atom. The van der Waals surface area contributed by atoms with Crippen LogP contribution >= 0.6 is 0 Å². The molecule has 2 aromatic heterocycles. The third-order valence-corrected chi connectivity index (χ3v) is 6.38. The van der Waals surface area contributed by atoms with Gasteiger partial charge in [-0.2, -0.15) is 0 Å². The van der Waals surface area contributed by atoms with Gasteiger partial charge in [0.2, 0.25) is 5.91 Å². The SMILES string of the molecule is N[C@@H](Cc1c[nH]c2ccccc12)C(=O)N[C@@H](Cc1c[nH]c2ccccc12)C(=O)OCc1ccccc1. The molecule has 0 aliphatic rings. The molecule has 0 aliphatic carbocycles. The topological polar surface area (TPSA) is 113 Å². The Balaban J connectivity index is 1.32. The number of carbonyl (C=O) groups excluding carboxylic acids is 2. The number of nitrogens with one attached hydrogen (secondary N) is 3. The van der Waals surface area contributed by atoms with Crippen LogP contribution in [0.1, 0.15) is 16.7 Å². The maximum absolute atomic E-state index is 13.1. The van der Waals surface area contributed by atoms with Crippen molar-refractivity contribution in [1.29, 1.82) is 0 Å². The first-order valence-corrected chi connectivity index (χ1v) is 11.9. The molecule has 7 heteroatoms. The fraction of sp³-hybridized carbons (Fsp3) is 0.172. The minimum Gasteiger partial charge on any atom is -0.459 e. The summed E-state index contributed by atoms with van der Waals surface area (Å²) in [6.07, 6.45) is 4.35. The Labute approximate surface area is 208 Å². The van der Waals surface area contributed by atoms with Gasteiger partial charge in [0.15, 0.2) is 0 Å². The van der Waals surface area contributed by atoms with Gasteiger partial charge in [-0.15, -0.1) is 0 Å². The summed E-state index contributed by atoms with van der Waals surface area (Å²) < 4.78 is 5.59. The van der Waals surface area contributed by atoms with Crippen LogP contribution in [0.5, 0.6) is 0 Å². The lowest BCUT2D eigenvalue weighted by Gasteiger charge is -2.20. The van der Waals surface area contributed by atoms with Crippen molar-refractivity contribution in [2.45, 2.75) is 31.5 Å². The van der Waals surface area contributed by atoms with Gasteiger partial charge in [0.1, 0.15) is 12.6 Å². The summed E-state index contributed by atoms with van der Waals surface area (Å²) in [4.78, 5) is 32.7. The van der Waals surface area contributed by atoms with Crippen molar-refractivity contribution in [3.05, 3.63) is 108 Å². The van der Waals surface area contributed by atoms with E-state index in [2.05, 4.69) is 15.3 Å². The van der Waals surface area contributed by atoms with Crippen molar-refractivity contribution >= 4 is 33.7 Å². The second-order valence-corrected chi connectivity index (χ2v) is 8.89. The Morgan fingerprint density at radius 1 is 0.778 bits per heavy atom. The van der Waals surface area contributed by atoms with Crippen LogP contribution in [0, 0.1) is 0 Å². The molecular weight excluding hydrogens is 452 g/mol. The third-order valence-electron chi connectivity index (χ3n) is 6.38. The van der Waals surface area contributed by atoms with Crippen LogP contribution in [0.2, 0.25) is 0 Å². The van der Waals surface area contributed by atoms with E-state index in [9.17, 15) is 9.59 Å². The fourth-order valence-corrected chi connectivity index (χ4v) is 4.45. The standard InChI is InChI=1S/C29H28N4O3/c30-24(14-20-16-31-25-12-6-4-10-22(20)25)28(34)33-27(29(35)36-18-19-8-2-1-3-9-19)15-21-17-32-26-13-7-5-11-23(21)26/h1-13,16-17,24,27,31-32H,14-15,18,30H2,(H,33,34)/t24-,27-/m0/s1. The summed E-state index contributed by atoms with van der Waals surface area (Å²) in [5, 5.41) is 4.88. The highest BCUT2D eigenvalue weighted by Gasteiger charge is 2.27. The number of esters is 1. The molecule has 0 fully saturated rings. The highest BCUT2D eigenvalue weighted by atomic mass is 16.5. The van der Waals surface area contributed by atoms with Gasteiger partial charge < -0.3 is 25.8 Å². The van der Waals surface area contributed by atoms with Crippen LogP contribution in [0.4, 0.5) is 0 Å². The van der Waals surface area contributed by atoms with E-state index in [4.69, 9.17) is 10.5 Å². The molecule has 0 saturated heterocycles. The van der Waals surface area contributed by atoms with Crippen molar-refractivity contribution in [3.63, 3.8) is 0 Å². The predicted octanol–water partition coefficient (Wildman–Crippen LogP) is 3.99. The fourth-order valence-electron chi connectivity index (χ4n) is 4.45. The van der Waals surface area contributed by atoms with E-state index in [-0.39, 0.29) is 13.0 Å². The zero-order valence-corrected chi connectivity index (χ0v) is 19.7. The molecule has 2 heterocycles. The van der Waals surface area contributed by atoms with Crippen LogP contribution in [-0.4, -0.2) is 33.9 Å². The molecule has 0 bridgehead atoms. The van der Waals surface area contributed by atoms with E-state index < -0.39 is 24.0 Å². The van der Waals surface area contributed by atoms with Crippen LogP contribution in [-0.2, 0) is 33.8 Å². The minimum absolute atomic E-state index is 0.126. The molecule has 1 amide bonds. The number of rotatable bonds is 9. The summed E-state index contributed by atoms with van der Waals surface area (Å²) in [6.45, 7) is 0.126. The van der Waals surface area contributed by atoms with Gasteiger partial charge in [-0.05, 0) is 35.2 Å². The first-order valence-electron chi connectivity index (χ1n) is 11.9. The van der Waals surface area contributed by atoms with Crippen LogP contribution in [0.15, 0.2) is 91.3 Å². The molecule has 2 atom stereocenters. The monoisotopic (exact) mass is 480 g/mol. The largest absolute Gasteiger partial charge is 0.459 e. The molecule has 182 valence electrons. The maximum atomic E-state index is 13.1. The zero-order valence-electron chi connectivity index (χ0n) is 19.7. The van der Waals surface area contributed by atoms with Crippen molar-refractivity contribution in [1.82, 2.24) is 15.3 Å². The Kier molecular flexibility index (Phi) is 6.82. The number of para-hydroxylation sites is 2. The van der Waals surface area contributed by atoms with Crippen molar-refractivity contribution in [2.24, 2.45) is 5.73 Å². The smallest absolute Gasteiger partial charge is 0.329 e. The lowest BCUT2D eigenvalue weighted by Crippen LogP contribution is -2.50. The average molecular weight is 481 g/mol. The van der Waals surface area contributed by atoms with Gasteiger partial charge in [-0.25, -0.2) is 4.79 Å². The Morgan fingerprint density at radius 2 is 1.33 bits per heavy atom. The molecule has 0 radical (unpaired) electrons. The lowest BCUT2D eigenvalue weighted by molar-refractivity contribution is -0.149. The van der Waals surface area contributed by atoms with Gasteiger partial charge >= 0.3 is 5.97 Å². The van der Waals surface area contributed by atoms with E-state index in [1.54, 1.807) is 0 Å². The first-order chi connectivity index (χ1) is 17.6. The first kappa shape index (κ1) is 23.4. The zero-order chi connectivity index (χ0) is 24.9. The lowest BCUT2D eigenvalue weighted by atomic mass is 10.0. The van der Waals surface area contributed by atoms with Gasteiger partial charge in [-0.3, -0.25) is 4.79 Å². The van der Waals surface area contributed by atoms with Gasteiger partial charge in [0, 0.05) is 40.6 Å². The molecule has 0 spiro atoms. The van der Waals surface area contributed by atoms with E-state index in [1.807, 2.05) is 91.3 Å². The number of carbonyl (C=O) groups is 2. The predicted molar refractivity (Wildman–Crippen MR) is 140 cm³/mol. The quantitative estimate of drug-likeness (QED) is 0.239. The molecule has 36 heavy (non-hydrogen) atoms. The maximum Gasteiger partial charge on any atom is 0.329 e. The number of nitrogens with two attached hydrogens (primary N) is 1. The van der Waals surface area contributed by atoms with Gasteiger partial charge in [0.25, 0.3) is 0 Å². The molecule has 0 aliphatic heterocycles. The summed E-state index contributed by atoms with van der Waals surface area (Å²) >= 11 is 0. The molecule has 0 saturated carbocycles. The molecule has 7 nitrogen and oxygen atoms in total. The molecule has 3 aromatic carbocycles. The normalized spacial score (nSPS) is 12.9. The number of hydrogen-bond acceptors (Lipinski definition) is 4. The van der Waals surface area contributed by atoms with E-state index in [0.717, 1.165) is 38.5 Å². The second-order valence-electron chi connectivity index (χ2n) is 8.89. The van der Waals surface area contributed by atoms with E-state index >= 15 is 0 Å². The number of ether oxygens (including phenoxy) is 1. The van der Waals surface area contributed by atoms with Gasteiger partial charge in [-0.1, -0.05) is 66.7 Å². The Bertz CT molecular complexity index is 1490. The number of aromatic nitrogens is 2. The highest BCUT2D eigenvalue weighted by Crippen LogP contribution is 2.21. The average Bonchev–Trinajstić information content (AvgIpc) is 3.51. The van der Waals surface area contributed by atoms with E-state index in [1.165, 1.54) is 0 Å². The third kappa shape index (κ3) is 5.16. The van der Waals surface area contributed by atoms with Crippen molar-refractivity contribution in [3.8, 4) is 0 Å². The van der Waals surface area contributed by atoms with E-state index in [0.29, 0.717) is 6.42 Å². The summed E-state index contributed by atoms with van der Waals surface area (Å²) in [5.74, 6) is -0.904. The molecule has 5 aromatic rings. The molecule has 5 N–H and O–H groups in total. The number of H-pyrrole nitrogens is 2. The minimum atomic E-state index is -0.880. The van der Waals surface area contributed by atoms with Crippen molar-refractivity contribution in [2.75, 3.05) is 0 Å². The summed E-state index contributed by atoms with van der Waals surface area (Å²) in [5.41, 5.74) is 11.0. The Hall–Kier alpha value is -4.36. The van der Waals surface area contributed by atoms with Crippen molar-refractivity contribution < 1.29 is 14.3 Å². The van der Waals surface area contributed by atoms with Crippen LogP contribution in [0.3, 0.4) is 0 Å².